The van der Waals surface area contributed by atoms with Gasteiger partial charge in [-0.25, -0.2) is 0 Å². The van der Waals surface area contributed by atoms with Gasteiger partial charge in [-0.2, -0.15) is 0 Å². The maximum absolute atomic E-state index is 12.4. The molecule has 0 aliphatic heterocycles. The van der Waals surface area contributed by atoms with Gasteiger partial charge in [0.05, 0.1) is 11.6 Å². The third-order valence-electron chi connectivity index (χ3n) is 3.47. The maximum Gasteiger partial charge on any atom is 0.255 e. The van der Waals surface area contributed by atoms with E-state index in [1.807, 2.05) is 32.0 Å². The predicted molar refractivity (Wildman–Crippen MR) is 91.1 cm³/mol. The molecule has 0 atom stereocenters. The minimum Gasteiger partial charge on any atom is -0.492 e. The number of carbonyl (C=O) groups is 1. The fraction of sp³-hybridized carbons (Fsp3) is 0.278. The molecule has 0 saturated carbocycles. The number of para-hydroxylation sites is 1. The van der Waals surface area contributed by atoms with Crippen molar-refractivity contribution in [2.75, 3.05) is 11.9 Å². The number of rotatable bonds is 5. The zero-order valence-corrected chi connectivity index (χ0v) is 13.8. The minimum atomic E-state index is -0.172. The Labute approximate surface area is 136 Å². The second kappa shape index (κ2) is 7.32. The van der Waals surface area contributed by atoms with Crippen molar-refractivity contribution >= 4 is 23.2 Å². The van der Waals surface area contributed by atoms with Gasteiger partial charge >= 0.3 is 0 Å². The molecule has 0 spiro atoms. The first-order chi connectivity index (χ1) is 10.6. The number of nitrogens with one attached hydrogen (secondary N) is 1. The Kier molecular flexibility index (Phi) is 5.45. The van der Waals surface area contributed by atoms with Crippen molar-refractivity contribution in [2.45, 2.75) is 27.2 Å². The van der Waals surface area contributed by atoms with Crippen LogP contribution in [0.3, 0.4) is 0 Å². The van der Waals surface area contributed by atoms with Crippen molar-refractivity contribution in [3.05, 3.63) is 58.1 Å². The highest BCUT2D eigenvalue weighted by Crippen LogP contribution is 2.27. The van der Waals surface area contributed by atoms with Crippen LogP contribution in [0.5, 0.6) is 5.75 Å². The fourth-order valence-electron chi connectivity index (χ4n) is 2.30. The van der Waals surface area contributed by atoms with Gasteiger partial charge < -0.3 is 10.1 Å². The Morgan fingerprint density at radius 2 is 2.00 bits per heavy atom. The number of benzene rings is 2. The van der Waals surface area contributed by atoms with Crippen LogP contribution < -0.4 is 10.1 Å². The molecule has 2 rings (SSSR count). The Hall–Kier alpha value is -2.00. The van der Waals surface area contributed by atoms with Crippen molar-refractivity contribution in [3.63, 3.8) is 0 Å². The summed E-state index contributed by atoms with van der Waals surface area (Å²) < 4.78 is 5.38. The summed E-state index contributed by atoms with van der Waals surface area (Å²) in [5.74, 6) is 0.416. The molecule has 116 valence electrons. The molecule has 0 unspecified atom stereocenters. The Balaban J connectivity index is 2.25. The second-order valence-corrected chi connectivity index (χ2v) is 5.40. The van der Waals surface area contributed by atoms with Gasteiger partial charge in [-0.1, -0.05) is 36.7 Å². The van der Waals surface area contributed by atoms with E-state index in [0.29, 0.717) is 22.9 Å². The van der Waals surface area contributed by atoms with Crippen LogP contribution in [0.25, 0.3) is 0 Å². The summed E-state index contributed by atoms with van der Waals surface area (Å²) >= 11 is 6.14. The number of carbonyl (C=O) groups excluding carboxylic acids is 1. The van der Waals surface area contributed by atoms with Crippen LogP contribution in [0, 0.1) is 6.92 Å². The highest BCUT2D eigenvalue weighted by Gasteiger charge is 2.12. The summed E-state index contributed by atoms with van der Waals surface area (Å²) in [6.45, 7) is 6.48. The topological polar surface area (TPSA) is 38.3 Å². The molecule has 1 amide bonds. The van der Waals surface area contributed by atoms with Crippen molar-refractivity contribution in [2.24, 2.45) is 0 Å². The van der Waals surface area contributed by atoms with Crippen LogP contribution in [-0.4, -0.2) is 12.5 Å². The molecule has 0 radical (unpaired) electrons. The van der Waals surface area contributed by atoms with Gasteiger partial charge in [0, 0.05) is 11.3 Å². The first-order valence-electron chi connectivity index (χ1n) is 7.39. The van der Waals surface area contributed by atoms with Crippen LogP contribution >= 0.6 is 11.6 Å². The van der Waals surface area contributed by atoms with Crippen LogP contribution in [0.15, 0.2) is 36.4 Å². The lowest BCUT2D eigenvalue weighted by Crippen LogP contribution is -2.14. The molecule has 0 fully saturated rings. The second-order valence-electron chi connectivity index (χ2n) is 4.99. The van der Waals surface area contributed by atoms with Crippen LogP contribution in [-0.2, 0) is 6.42 Å². The van der Waals surface area contributed by atoms with E-state index in [-0.39, 0.29) is 5.91 Å². The summed E-state index contributed by atoms with van der Waals surface area (Å²) in [6.07, 6.45) is 0.862. The summed E-state index contributed by atoms with van der Waals surface area (Å²) in [6, 6.07) is 11.1. The number of hydrogen-bond donors (Lipinski definition) is 1. The largest absolute Gasteiger partial charge is 0.492 e. The number of anilines is 1. The average Bonchev–Trinajstić information content (AvgIpc) is 2.51. The highest BCUT2D eigenvalue weighted by atomic mass is 35.5. The molecule has 22 heavy (non-hydrogen) atoms. The Morgan fingerprint density at radius 3 is 2.64 bits per heavy atom. The molecule has 3 nitrogen and oxygen atoms in total. The fourth-order valence-corrected chi connectivity index (χ4v) is 2.54. The molecule has 2 aromatic carbocycles. The zero-order valence-electron chi connectivity index (χ0n) is 13.1. The van der Waals surface area contributed by atoms with Gasteiger partial charge in [0.1, 0.15) is 5.75 Å². The third-order valence-corrected chi connectivity index (χ3v) is 3.77. The molecule has 2 aromatic rings. The Morgan fingerprint density at radius 1 is 1.23 bits per heavy atom. The van der Waals surface area contributed by atoms with E-state index in [1.54, 1.807) is 18.2 Å². The van der Waals surface area contributed by atoms with E-state index in [1.165, 1.54) is 0 Å². The molecular weight excluding hydrogens is 298 g/mol. The number of ether oxygens (including phenoxy) is 1. The van der Waals surface area contributed by atoms with Gasteiger partial charge in [-0.3, -0.25) is 4.79 Å². The lowest BCUT2D eigenvalue weighted by atomic mass is 10.1. The number of halogens is 1. The number of hydrogen-bond acceptors (Lipinski definition) is 2. The summed E-state index contributed by atoms with van der Waals surface area (Å²) in [5, 5.41) is 3.43. The van der Waals surface area contributed by atoms with Crippen molar-refractivity contribution in [1.29, 1.82) is 0 Å². The van der Waals surface area contributed by atoms with E-state index in [9.17, 15) is 4.79 Å². The van der Waals surface area contributed by atoms with Crippen molar-refractivity contribution in [3.8, 4) is 5.75 Å². The molecule has 0 aliphatic rings. The van der Waals surface area contributed by atoms with E-state index in [4.69, 9.17) is 16.3 Å². The zero-order chi connectivity index (χ0) is 16.1. The summed E-state index contributed by atoms with van der Waals surface area (Å²) in [5.41, 5.74) is 3.55. The van der Waals surface area contributed by atoms with E-state index >= 15 is 0 Å². The lowest BCUT2D eigenvalue weighted by Gasteiger charge is -2.13. The maximum atomic E-state index is 12.4. The van der Waals surface area contributed by atoms with Crippen LogP contribution in [0.2, 0.25) is 5.02 Å². The van der Waals surface area contributed by atoms with E-state index in [0.717, 1.165) is 23.2 Å². The van der Waals surface area contributed by atoms with Gasteiger partial charge in [-0.15, -0.1) is 0 Å². The first kappa shape index (κ1) is 16.4. The molecular formula is C18H20ClNO2. The quantitative estimate of drug-likeness (QED) is 0.855. The lowest BCUT2D eigenvalue weighted by molar-refractivity contribution is 0.102. The normalized spacial score (nSPS) is 10.4. The highest BCUT2D eigenvalue weighted by molar-refractivity contribution is 6.32. The SMILES string of the molecule is CCOc1ccc(C(=O)Nc2c(C)cccc2CC)cc1Cl. The van der Waals surface area contributed by atoms with E-state index < -0.39 is 0 Å². The first-order valence-corrected chi connectivity index (χ1v) is 7.76. The van der Waals surface area contributed by atoms with Gasteiger partial charge in [0.2, 0.25) is 0 Å². The summed E-state index contributed by atoms with van der Waals surface area (Å²) in [7, 11) is 0. The molecule has 0 bridgehead atoms. The van der Waals surface area contributed by atoms with Gasteiger partial charge in [0.15, 0.2) is 0 Å². The Bertz CT molecular complexity index is 683. The monoisotopic (exact) mass is 317 g/mol. The van der Waals surface area contributed by atoms with Crippen molar-refractivity contribution < 1.29 is 9.53 Å². The number of aryl methyl sites for hydroxylation is 2. The summed E-state index contributed by atoms with van der Waals surface area (Å²) in [4.78, 5) is 12.4. The smallest absolute Gasteiger partial charge is 0.255 e. The molecule has 0 aromatic heterocycles. The molecule has 0 heterocycles. The molecule has 0 saturated heterocycles. The van der Waals surface area contributed by atoms with Crippen LogP contribution in [0.1, 0.15) is 35.3 Å². The van der Waals surface area contributed by atoms with Crippen molar-refractivity contribution in [1.82, 2.24) is 0 Å². The standard InChI is InChI=1S/C18H20ClNO2/c1-4-13-8-6-7-12(3)17(13)20-18(21)14-9-10-16(22-5-2)15(19)11-14/h6-11H,4-5H2,1-3H3,(H,20,21). The number of amides is 1. The molecule has 1 N–H and O–H groups in total. The molecule has 4 heteroatoms. The van der Waals surface area contributed by atoms with E-state index in [2.05, 4.69) is 12.2 Å². The van der Waals surface area contributed by atoms with Crippen LogP contribution in [0.4, 0.5) is 5.69 Å². The third kappa shape index (κ3) is 3.60. The predicted octanol–water partition coefficient (Wildman–Crippen LogP) is 4.86. The minimum absolute atomic E-state index is 0.172. The molecule has 0 aliphatic carbocycles. The van der Waals surface area contributed by atoms with Gasteiger partial charge in [0.25, 0.3) is 5.91 Å². The van der Waals surface area contributed by atoms with Gasteiger partial charge in [-0.05, 0) is 49.6 Å². The average molecular weight is 318 g/mol.